The van der Waals surface area contributed by atoms with Gasteiger partial charge in [-0.05, 0) is 41.1 Å². The van der Waals surface area contributed by atoms with Crippen molar-refractivity contribution in [2.45, 2.75) is 23.5 Å². The average Bonchev–Trinajstić information content (AvgIpc) is 3.26. The van der Waals surface area contributed by atoms with Gasteiger partial charge in [-0.1, -0.05) is 17.7 Å². The van der Waals surface area contributed by atoms with E-state index in [1.807, 2.05) is 11.4 Å². The number of aryl methyl sites for hydroxylation is 1. The van der Waals surface area contributed by atoms with E-state index in [0.717, 1.165) is 20.6 Å². The second-order valence-corrected chi connectivity index (χ2v) is 9.02. The Bertz CT molecular complexity index is 1060. The van der Waals surface area contributed by atoms with Crippen LogP contribution >= 0.6 is 39.0 Å². The van der Waals surface area contributed by atoms with E-state index < -0.39 is 0 Å². The molecule has 8 heteroatoms. The van der Waals surface area contributed by atoms with E-state index in [-0.39, 0.29) is 11.8 Å². The Kier molecular flexibility index (Phi) is 5.00. The monoisotopic (exact) mass is 458 g/mol. The van der Waals surface area contributed by atoms with E-state index in [2.05, 4.69) is 63.4 Å². The minimum atomic E-state index is -0.276. The summed E-state index contributed by atoms with van der Waals surface area (Å²) in [5.74, 6) is 0.975. The summed E-state index contributed by atoms with van der Waals surface area (Å²) in [5.41, 5.74) is 9.46. The molecule has 3 heterocycles. The number of aromatic amines is 1. The van der Waals surface area contributed by atoms with Gasteiger partial charge in [0, 0.05) is 25.4 Å². The molecule has 0 fully saturated rings. The number of H-pyrrole nitrogens is 1. The number of rotatable bonds is 4. The Morgan fingerprint density at radius 1 is 1.41 bits per heavy atom. The van der Waals surface area contributed by atoms with Gasteiger partial charge in [0.05, 0.1) is 17.2 Å². The quantitative estimate of drug-likeness (QED) is 0.533. The maximum Gasteiger partial charge on any atom is 0.244 e. The second kappa shape index (κ2) is 7.43. The number of allylic oxidation sites excluding steroid dienone is 1. The van der Waals surface area contributed by atoms with E-state index >= 15 is 0 Å². The van der Waals surface area contributed by atoms with Crippen molar-refractivity contribution in [1.82, 2.24) is 10.2 Å². The van der Waals surface area contributed by atoms with E-state index in [9.17, 15) is 5.26 Å². The van der Waals surface area contributed by atoms with Crippen molar-refractivity contribution in [1.29, 1.82) is 5.26 Å². The number of benzene rings is 1. The lowest BCUT2D eigenvalue weighted by molar-refractivity contribution is 0.379. The van der Waals surface area contributed by atoms with Crippen LogP contribution in [0.1, 0.15) is 27.6 Å². The summed E-state index contributed by atoms with van der Waals surface area (Å²) in [5, 5.41) is 19.0. The first kappa shape index (κ1) is 18.2. The molecule has 3 N–H and O–H groups in total. The minimum absolute atomic E-state index is 0.115. The van der Waals surface area contributed by atoms with Crippen LogP contribution < -0.4 is 10.5 Å². The number of thioether (sulfide) groups is 1. The minimum Gasteiger partial charge on any atom is -0.420 e. The third kappa shape index (κ3) is 3.50. The van der Waals surface area contributed by atoms with Crippen molar-refractivity contribution in [3.63, 3.8) is 0 Å². The van der Waals surface area contributed by atoms with E-state index in [4.69, 9.17) is 10.5 Å². The first-order valence-corrected chi connectivity index (χ1v) is 10.8. The summed E-state index contributed by atoms with van der Waals surface area (Å²) in [6.07, 6.45) is 0. The van der Waals surface area contributed by atoms with Gasteiger partial charge in [-0.25, -0.2) is 0 Å². The van der Waals surface area contributed by atoms with Crippen molar-refractivity contribution in [3.8, 4) is 11.9 Å². The molecule has 2 aromatic heterocycles. The summed E-state index contributed by atoms with van der Waals surface area (Å²) >= 11 is 6.78. The smallest absolute Gasteiger partial charge is 0.244 e. The molecule has 1 atom stereocenters. The fourth-order valence-electron chi connectivity index (χ4n) is 2.97. The van der Waals surface area contributed by atoms with Gasteiger partial charge in [-0.3, -0.25) is 5.10 Å². The summed E-state index contributed by atoms with van der Waals surface area (Å²) < 4.78 is 6.60. The number of hydrogen-bond donors (Lipinski definition) is 2. The Morgan fingerprint density at radius 3 is 2.85 bits per heavy atom. The molecule has 0 spiro atoms. The Hall–Kier alpha value is -2.21. The molecule has 0 unspecified atom stereocenters. The number of aromatic nitrogens is 2. The number of nitriles is 1. The van der Waals surface area contributed by atoms with Crippen molar-refractivity contribution < 1.29 is 4.74 Å². The molecule has 0 radical (unpaired) electrons. The molecule has 0 saturated carbocycles. The molecule has 0 amide bonds. The zero-order valence-corrected chi connectivity index (χ0v) is 17.5. The fraction of sp³-hybridized carbons (Fsp3) is 0.158. The van der Waals surface area contributed by atoms with Crippen LogP contribution in [0.2, 0.25) is 0 Å². The lowest BCUT2D eigenvalue weighted by Crippen LogP contribution is -2.20. The van der Waals surface area contributed by atoms with Crippen LogP contribution in [0.15, 0.2) is 56.5 Å². The van der Waals surface area contributed by atoms with Gasteiger partial charge in [0.2, 0.25) is 11.8 Å². The Balaban J connectivity index is 1.70. The third-order valence-electron chi connectivity index (χ3n) is 4.29. The number of hydrogen-bond acceptors (Lipinski definition) is 6. The highest BCUT2D eigenvalue weighted by atomic mass is 79.9. The SMILES string of the molecule is Cc1ccc(SCc2[nH]nc3c2[C@H](c2cc(Br)cs2)C(C#N)=C(N)O3)cc1. The Labute approximate surface area is 173 Å². The van der Waals surface area contributed by atoms with E-state index in [0.29, 0.717) is 17.2 Å². The van der Waals surface area contributed by atoms with E-state index in [1.165, 1.54) is 10.5 Å². The number of fused-ring (bicyclic) bond motifs is 1. The number of halogens is 1. The maximum absolute atomic E-state index is 9.68. The molecule has 1 aliphatic rings. The second-order valence-electron chi connectivity index (χ2n) is 6.11. The summed E-state index contributed by atoms with van der Waals surface area (Å²) in [6.45, 7) is 2.07. The molecule has 4 rings (SSSR count). The normalized spacial score (nSPS) is 16.0. The van der Waals surface area contributed by atoms with Crippen LogP contribution in [0.3, 0.4) is 0 Å². The molecular weight excluding hydrogens is 444 g/mol. The predicted octanol–water partition coefficient (Wildman–Crippen LogP) is 5.05. The van der Waals surface area contributed by atoms with Gasteiger partial charge < -0.3 is 10.5 Å². The van der Waals surface area contributed by atoms with Gasteiger partial charge in [0.25, 0.3) is 0 Å². The molecule has 136 valence electrons. The molecule has 1 aliphatic heterocycles. The Morgan fingerprint density at radius 2 is 2.19 bits per heavy atom. The van der Waals surface area contributed by atoms with Crippen LogP contribution in [0.4, 0.5) is 0 Å². The van der Waals surface area contributed by atoms with Crippen LogP contribution in [-0.4, -0.2) is 10.2 Å². The lowest BCUT2D eigenvalue weighted by Gasteiger charge is -2.22. The van der Waals surface area contributed by atoms with Gasteiger partial charge in [0.15, 0.2) is 0 Å². The van der Waals surface area contributed by atoms with Crippen molar-refractivity contribution >= 4 is 39.0 Å². The average molecular weight is 459 g/mol. The zero-order chi connectivity index (χ0) is 19.0. The summed E-state index contributed by atoms with van der Waals surface area (Å²) in [6, 6.07) is 12.6. The lowest BCUT2D eigenvalue weighted by atomic mass is 9.89. The highest BCUT2D eigenvalue weighted by Crippen LogP contribution is 2.46. The van der Waals surface area contributed by atoms with Gasteiger partial charge in [0.1, 0.15) is 11.6 Å². The summed E-state index contributed by atoms with van der Waals surface area (Å²) in [7, 11) is 0. The van der Waals surface area contributed by atoms with Gasteiger partial charge >= 0.3 is 0 Å². The number of nitrogens with zero attached hydrogens (tertiary/aromatic N) is 2. The number of ether oxygens (including phenoxy) is 1. The largest absolute Gasteiger partial charge is 0.420 e. The molecule has 3 aromatic rings. The highest BCUT2D eigenvalue weighted by molar-refractivity contribution is 9.10. The molecule has 0 aliphatic carbocycles. The molecule has 0 saturated heterocycles. The number of nitrogens with one attached hydrogen (secondary N) is 1. The predicted molar refractivity (Wildman–Crippen MR) is 111 cm³/mol. The topological polar surface area (TPSA) is 87.7 Å². The first-order valence-electron chi connectivity index (χ1n) is 8.15. The van der Waals surface area contributed by atoms with Crippen molar-refractivity contribution in [2.75, 3.05) is 0 Å². The molecule has 5 nitrogen and oxygen atoms in total. The van der Waals surface area contributed by atoms with Crippen LogP contribution in [0.5, 0.6) is 5.88 Å². The fourth-order valence-corrected chi connectivity index (χ4v) is 5.39. The molecule has 1 aromatic carbocycles. The standard InChI is InChI=1S/C19H15BrN4OS2/c1-10-2-4-12(5-3-10)26-9-14-17-16(15-6-11(20)8-27-15)13(7-21)18(22)25-19(17)24-23-14/h2-6,8,16H,9,22H2,1H3,(H,23,24)/t16-/m0/s1. The molecular formula is C19H15BrN4OS2. The van der Waals surface area contributed by atoms with Crippen molar-refractivity contribution in [2.24, 2.45) is 5.73 Å². The highest BCUT2D eigenvalue weighted by Gasteiger charge is 2.35. The van der Waals surface area contributed by atoms with Crippen LogP contribution in [-0.2, 0) is 5.75 Å². The number of nitrogens with two attached hydrogens (primary N) is 1. The third-order valence-corrected chi connectivity index (χ3v) is 7.09. The summed E-state index contributed by atoms with van der Waals surface area (Å²) in [4.78, 5) is 2.19. The number of thiophene rings is 1. The van der Waals surface area contributed by atoms with E-state index in [1.54, 1.807) is 23.1 Å². The van der Waals surface area contributed by atoms with Gasteiger partial charge in [-0.2, -0.15) is 5.26 Å². The van der Waals surface area contributed by atoms with Gasteiger partial charge in [-0.15, -0.1) is 28.2 Å². The zero-order valence-electron chi connectivity index (χ0n) is 14.3. The first-order chi connectivity index (χ1) is 13.1. The van der Waals surface area contributed by atoms with Crippen LogP contribution in [0, 0.1) is 18.3 Å². The molecule has 27 heavy (non-hydrogen) atoms. The van der Waals surface area contributed by atoms with Crippen molar-refractivity contribution in [3.05, 3.63) is 73.3 Å². The molecule has 0 bridgehead atoms. The maximum atomic E-state index is 9.68. The van der Waals surface area contributed by atoms with Crippen LogP contribution in [0.25, 0.3) is 0 Å².